The van der Waals surface area contributed by atoms with Crippen molar-refractivity contribution in [3.63, 3.8) is 0 Å². The van der Waals surface area contributed by atoms with Gasteiger partial charge in [0.15, 0.2) is 0 Å². The summed E-state index contributed by atoms with van der Waals surface area (Å²) < 4.78 is 1.92. The average molecular weight is 257 g/mol. The molecule has 1 aromatic carbocycles. The number of aromatic nitrogens is 2. The lowest BCUT2D eigenvalue weighted by Crippen LogP contribution is -2.38. The van der Waals surface area contributed by atoms with E-state index in [1.807, 2.05) is 40.8 Å². The van der Waals surface area contributed by atoms with E-state index in [2.05, 4.69) is 4.98 Å². The van der Waals surface area contributed by atoms with Crippen LogP contribution in [0.25, 0.3) is 0 Å². The Kier molecular flexibility index (Phi) is 2.74. The number of carbonyl (C=O) groups is 1. The maximum absolute atomic E-state index is 11.4. The van der Waals surface area contributed by atoms with Gasteiger partial charge in [0.25, 0.3) is 0 Å². The van der Waals surface area contributed by atoms with Gasteiger partial charge in [0.2, 0.25) is 0 Å². The zero-order valence-corrected chi connectivity index (χ0v) is 10.7. The number of imidazole rings is 1. The van der Waals surface area contributed by atoms with Crippen LogP contribution in [0.1, 0.15) is 11.3 Å². The van der Waals surface area contributed by atoms with Crippen LogP contribution in [0.15, 0.2) is 36.8 Å². The Morgan fingerprint density at radius 1 is 1.47 bits per heavy atom. The summed E-state index contributed by atoms with van der Waals surface area (Å²) in [5, 5.41) is 9.39. The summed E-state index contributed by atoms with van der Waals surface area (Å²) in [6, 6.07) is 7.38. The summed E-state index contributed by atoms with van der Waals surface area (Å²) in [4.78, 5) is 17.4. The molecule has 5 nitrogen and oxygen atoms in total. The SMILES string of the molecule is Cn1cncc1CN1c2ccccc2CC1C(=O)O. The van der Waals surface area contributed by atoms with E-state index in [-0.39, 0.29) is 0 Å². The Bertz CT molecular complexity index is 621. The Morgan fingerprint density at radius 2 is 2.26 bits per heavy atom. The molecule has 0 amide bonds. The van der Waals surface area contributed by atoms with Crippen molar-refractivity contribution in [2.45, 2.75) is 19.0 Å². The van der Waals surface area contributed by atoms with Gasteiger partial charge in [-0.2, -0.15) is 0 Å². The maximum Gasteiger partial charge on any atom is 0.326 e. The van der Waals surface area contributed by atoms with E-state index in [0.717, 1.165) is 16.9 Å². The number of rotatable bonds is 3. The minimum atomic E-state index is -0.779. The quantitative estimate of drug-likeness (QED) is 0.903. The van der Waals surface area contributed by atoms with Gasteiger partial charge in [-0.25, -0.2) is 9.78 Å². The summed E-state index contributed by atoms with van der Waals surface area (Å²) >= 11 is 0. The van der Waals surface area contributed by atoms with E-state index in [1.54, 1.807) is 12.5 Å². The predicted molar refractivity (Wildman–Crippen MR) is 71.0 cm³/mol. The molecule has 0 saturated carbocycles. The molecule has 0 aliphatic carbocycles. The molecular weight excluding hydrogens is 242 g/mol. The van der Waals surface area contributed by atoms with Gasteiger partial charge in [0, 0.05) is 25.4 Å². The van der Waals surface area contributed by atoms with Crippen molar-refractivity contribution in [2.75, 3.05) is 4.90 Å². The molecule has 1 atom stereocenters. The number of fused-ring (bicyclic) bond motifs is 1. The fraction of sp³-hybridized carbons (Fsp3) is 0.286. The normalized spacial score (nSPS) is 17.5. The summed E-state index contributed by atoms with van der Waals surface area (Å²) in [5.41, 5.74) is 3.11. The van der Waals surface area contributed by atoms with Crippen molar-refractivity contribution >= 4 is 11.7 Å². The zero-order valence-electron chi connectivity index (χ0n) is 10.7. The van der Waals surface area contributed by atoms with Crippen LogP contribution in [0.3, 0.4) is 0 Å². The molecule has 0 radical (unpaired) electrons. The highest BCUT2D eigenvalue weighted by molar-refractivity contribution is 5.82. The first-order chi connectivity index (χ1) is 9.16. The number of carboxylic acid groups (broad SMARTS) is 1. The molecule has 98 valence electrons. The van der Waals surface area contributed by atoms with Gasteiger partial charge in [-0.3, -0.25) is 0 Å². The van der Waals surface area contributed by atoms with Crippen LogP contribution in [-0.4, -0.2) is 26.7 Å². The van der Waals surface area contributed by atoms with Gasteiger partial charge < -0.3 is 14.6 Å². The topological polar surface area (TPSA) is 58.4 Å². The van der Waals surface area contributed by atoms with Gasteiger partial charge in [0.1, 0.15) is 6.04 Å². The van der Waals surface area contributed by atoms with Gasteiger partial charge in [-0.15, -0.1) is 0 Å². The number of nitrogens with zero attached hydrogens (tertiary/aromatic N) is 3. The van der Waals surface area contributed by atoms with Crippen LogP contribution in [0.2, 0.25) is 0 Å². The molecule has 1 unspecified atom stereocenters. The third-order valence-corrected chi connectivity index (χ3v) is 3.62. The van der Waals surface area contributed by atoms with Crippen LogP contribution in [-0.2, 0) is 24.8 Å². The number of aryl methyl sites for hydroxylation is 1. The third kappa shape index (κ3) is 1.97. The highest BCUT2D eigenvalue weighted by Crippen LogP contribution is 2.33. The smallest absolute Gasteiger partial charge is 0.326 e. The lowest BCUT2D eigenvalue weighted by Gasteiger charge is -2.24. The molecule has 0 fully saturated rings. The molecule has 19 heavy (non-hydrogen) atoms. The Balaban J connectivity index is 1.96. The van der Waals surface area contributed by atoms with E-state index >= 15 is 0 Å². The Morgan fingerprint density at radius 3 is 2.95 bits per heavy atom. The lowest BCUT2D eigenvalue weighted by molar-refractivity contribution is -0.138. The van der Waals surface area contributed by atoms with Crippen molar-refractivity contribution in [3.8, 4) is 0 Å². The summed E-state index contributed by atoms with van der Waals surface area (Å²) in [7, 11) is 1.92. The van der Waals surface area contributed by atoms with Gasteiger partial charge in [-0.05, 0) is 11.6 Å². The van der Waals surface area contributed by atoms with E-state index in [4.69, 9.17) is 0 Å². The third-order valence-electron chi connectivity index (χ3n) is 3.62. The number of hydrogen-bond acceptors (Lipinski definition) is 3. The minimum Gasteiger partial charge on any atom is -0.480 e. The second-order valence-corrected chi connectivity index (χ2v) is 4.81. The monoisotopic (exact) mass is 257 g/mol. The van der Waals surface area contributed by atoms with Gasteiger partial charge in [-0.1, -0.05) is 18.2 Å². The number of benzene rings is 1. The Hall–Kier alpha value is -2.30. The number of para-hydroxylation sites is 1. The van der Waals surface area contributed by atoms with Crippen molar-refractivity contribution in [1.82, 2.24) is 9.55 Å². The van der Waals surface area contributed by atoms with Crippen LogP contribution < -0.4 is 4.90 Å². The summed E-state index contributed by atoms with van der Waals surface area (Å²) in [5.74, 6) is -0.779. The molecule has 5 heteroatoms. The summed E-state index contributed by atoms with van der Waals surface area (Å²) in [6.07, 6.45) is 4.07. The van der Waals surface area contributed by atoms with Gasteiger partial charge >= 0.3 is 5.97 Å². The van der Waals surface area contributed by atoms with Crippen molar-refractivity contribution < 1.29 is 9.90 Å². The fourth-order valence-corrected chi connectivity index (χ4v) is 2.58. The van der Waals surface area contributed by atoms with Crippen LogP contribution in [0, 0.1) is 0 Å². The largest absolute Gasteiger partial charge is 0.480 e. The zero-order chi connectivity index (χ0) is 13.4. The number of aliphatic carboxylic acids is 1. The molecule has 0 bridgehead atoms. The van der Waals surface area contributed by atoms with Crippen molar-refractivity contribution in [2.24, 2.45) is 7.05 Å². The van der Waals surface area contributed by atoms with Gasteiger partial charge in [0.05, 0.1) is 18.6 Å². The molecule has 1 aromatic heterocycles. The standard InChI is InChI=1S/C14H15N3O2/c1-16-9-15-7-11(16)8-17-12-5-3-2-4-10(12)6-13(17)14(18)19/h2-5,7,9,13H,6,8H2,1H3,(H,18,19). The van der Waals surface area contributed by atoms with E-state index < -0.39 is 12.0 Å². The first-order valence-electron chi connectivity index (χ1n) is 6.19. The summed E-state index contributed by atoms with van der Waals surface area (Å²) in [6.45, 7) is 0.560. The van der Waals surface area contributed by atoms with Crippen molar-refractivity contribution in [3.05, 3.63) is 48.0 Å². The average Bonchev–Trinajstić information content (AvgIpc) is 2.95. The van der Waals surface area contributed by atoms with Crippen molar-refractivity contribution in [1.29, 1.82) is 0 Å². The molecule has 2 aromatic rings. The molecule has 0 saturated heterocycles. The molecule has 3 rings (SSSR count). The first-order valence-corrected chi connectivity index (χ1v) is 6.19. The minimum absolute atomic E-state index is 0.493. The highest BCUT2D eigenvalue weighted by Gasteiger charge is 2.34. The second-order valence-electron chi connectivity index (χ2n) is 4.81. The molecule has 2 heterocycles. The number of hydrogen-bond donors (Lipinski definition) is 1. The van der Waals surface area contributed by atoms with Crippen LogP contribution >= 0.6 is 0 Å². The molecule has 1 N–H and O–H groups in total. The van der Waals surface area contributed by atoms with E-state index in [1.165, 1.54) is 0 Å². The van der Waals surface area contributed by atoms with Crippen LogP contribution in [0.4, 0.5) is 5.69 Å². The molecule has 1 aliphatic rings. The fourth-order valence-electron chi connectivity index (χ4n) is 2.58. The highest BCUT2D eigenvalue weighted by atomic mass is 16.4. The van der Waals surface area contributed by atoms with E-state index in [0.29, 0.717) is 13.0 Å². The Labute approximate surface area is 111 Å². The maximum atomic E-state index is 11.4. The lowest BCUT2D eigenvalue weighted by atomic mass is 10.1. The molecular formula is C14H15N3O2. The predicted octanol–water partition coefficient (Wildman–Crippen LogP) is 1.44. The molecule has 1 aliphatic heterocycles. The molecule has 0 spiro atoms. The van der Waals surface area contributed by atoms with E-state index in [9.17, 15) is 9.90 Å². The van der Waals surface area contributed by atoms with Crippen LogP contribution in [0.5, 0.6) is 0 Å². The second kappa shape index (κ2) is 4.42. The first kappa shape index (κ1) is 11.8. The number of carboxylic acids is 1. The number of anilines is 1.